The van der Waals surface area contributed by atoms with Crippen LogP contribution in [0.2, 0.25) is 0 Å². The van der Waals surface area contributed by atoms with Crippen LogP contribution in [0.15, 0.2) is 24.4 Å². The van der Waals surface area contributed by atoms with Crippen LogP contribution in [0, 0.1) is 11.8 Å². The third-order valence-electron chi connectivity index (χ3n) is 4.78. The number of likely N-dealkylation sites (tertiary alicyclic amines) is 1. The molecule has 0 saturated carbocycles. The van der Waals surface area contributed by atoms with E-state index >= 15 is 0 Å². The summed E-state index contributed by atoms with van der Waals surface area (Å²) in [6, 6.07) is 1.73. The summed E-state index contributed by atoms with van der Waals surface area (Å²) in [6.45, 7) is 4.23. The zero-order chi connectivity index (χ0) is 16.2. The standard InChI is InChI=1S/C17H24N4O2/c1-2-3-10-21-15(8-9-18-21)19-16(22)17(23)20-11-13-6-4-5-7-14(13)12-20/h4-5,8-9,13-14H,2-3,6-7,10-12H2,1H3,(H,19,22). The Balaban J connectivity index is 1.58. The molecule has 1 saturated heterocycles. The molecule has 124 valence electrons. The smallest absolute Gasteiger partial charge is 0.315 e. The van der Waals surface area contributed by atoms with Crippen molar-refractivity contribution < 1.29 is 9.59 Å². The molecule has 2 unspecified atom stereocenters. The summed E-state index contributed by atoms with van der Waals surface area (Å²) in [4.78, 5) is 26.4. The Kier molecular flexibility index (Phi) is 4.79. The summed E-state index contributed by atoms with van der Waals surface area (Å²) in [5, 5.41) is 6.90. The SMILES string of the molecule is CCCCn1nccc1NC(=O)C(=O)N1CC2CC=CCC2C1. The number of rotatable bonds is 4. The number of anilines is 1. The number of amides is 2. The summed E-state index contributed by atoms with van der Waals surface area (Å²) < 4.78 is 1.74. The van der Waals surface area contributed by atoms with Crippen LogP contribution >= 0.6 is 0 Å². The van der Waals surface area contributed by atoms with E-state index in [9.17, 15) is 9.59 Å². The van der Waals surface area contributed by atoms with E-state index in [1.165, 1.54) is 0 Å². The first-order valence-corrected chi connectivity index (χ1v) is 8.46. The molecule has 6 nitrogen and oxygen atoms in total. The van der Waals surface area contributed by atoms with Crippen LogP contribution in [0.4, 0.5) is 5.82 Å². The number of hydrogen-bond acceptors (Lipinski definition) is 3. The van der Waals surface area contributed by atoms with Crippen molar-refractivity contribution in [3.05, 3.63) is 24.4 Å². The van der Waals surface area contributed by atoms with E-state index in [1.54, 1.807) is 21.8 Å². The average Bonchev–Trinajstić information content (AvgIpc) is 3.18. The predicted octanol–water partition coefficient (Wildman–Crippen LogP) is 2.05. The molecule has 23 heavy (non-hydrogen) atoms. The van der Waals surface area contributed by atoms with Gasteiger partial charge in [0.1, 0.15) is 5.82 Å². The topological polar surface area (TPSA) is 67.2 Å². The van der Waals surface area contributed by atoms with Crippen molar-refractivity contribution >= 4 is 17.6 Å². The van der Waals surface area contributed by atoms with E-state index in [0.717, 1.165) is 32.2 Å². The van der Waals surface area contributed by atoms with Crippen LogP contribution in [0.5, 0.6) is 0 Å². The molecule has 1 N–H and O–H groups in total. The molecule has 2 amide bonds. The van der Waals surface area contributed by atoms with Crippen LogP contribution in [-0.4, -0.2) is 39.6 Å². The normalized spacial score (nSPS) is 22.9. The Bertz CT molecular complexity index is 591. The second-order valence-corrected chi connectivity index (χ2v) is 6.42. The number of allylic oxidation sites excluding steroid dienone is 2. The molecular formula is C17H24N4O2. The van der Waals surface area contributed by atoms with Crippen molar-refractivity contribution in [2.75, 3.05) is 18.4 Å². The zero-order valence-corrected chi connectivity index (χ0v) is 13.6. The summed E-state index contributed by atoms with van der Waals surface area (Å²) in [6.07, 6.45) is 10.1. The van der Waals surface area contributed by atoms with Crippen molar-refractivity contribution in [2.45, 2.75) is 39.2 Å². The van der Waals surface area contributed by atoms with Crippen molar-refractivity contribution in [2.24, 2.45) is 11.8 Å². The summed E-state index contributed by atoms with van der Waals surface area (Å²) in [7, 11) is 0. The molecule has 0 aromatic carbocycles. The van der Waals surface area contributed by atoms with Crippen molar-refractivity contribution in [3.8, 4) is 0 Å². The van der Waals surface area contributed by atoms with Gasteiger partial charge in [-0.1, -0.05) is 25.5 Å². The molecule has 1 aliphatic carbocycles. The average molecular weight is 316 g/mol. The van der Waals surface area contributed by atoms with E-state index in [-0.39, 0.29) is 0 Å². The van der Waals surface area contributed by atoms with Crippen molar-refractivity contribution in [3.63, 3.8) is 0 Å². The first-order valence-electron chi connectivity index (χ1n) is 8.46. The maximum atomic E-state index is 12.4. The first kappa shape index (κ1) is 15.8. The molecular weight excluding hydrogens is 292 g/mol. The minimum absolute atomic E-state index is 0.428. The number of aromatic nitrogens is 2. The Hall–Kier alpha value is -2.11. The molecule has 2 heterocycles. The molecule has 1 fully saturated rings. The van der Waals surface area contributed by atoms with Gasteiger partial charge in [0.05, 0.1) is 6.20 Å². The minimum Gasteiger partial charge on any atom is -0.334 e. The van der Waals surface area contributed by atoms with Crippen LogP contribution < -0.4 is 5.32 Å². The molecule has 1 aliphatic heterocycles. The zero-order valence-electron chi connectivity index (χ0n) is 13.6. The molecule has 1 aromatic rings. The van der Waals surface area contributed by atoms with E-state index in [2.05, 4.69) is 29.5 Å². The van der Waals surface area contributed by atoms with Gasteiger partial charge in [0, 0.05) is 25.7 Å². The lowest BCUT2D eigenvalue weighted by molar-refractivity contribution is -0.142. The molecule has 2 atom stereocenters. The van der Waals surface area contributed by atoms with Crippen molar-refractivity contribution in [1.82, 2.24) is 14.7 Å². The quantitative estimate of drug-likeness (QED) is 0.683. The maximum absolute atomic E-state index is 12.4. The molecule has 6 heteroatoms. The monoisotopic (exact) mass is 316 g/mol. The highest BCUT2D eigenvalue weighted by molar-refractivity contribution is 6.39. The Labute approximate surface area is 136 Å². The van der Waals surface area contributed by atoms with Crippen LogP contribution in [0.25, 0.3) is 0 Å². The number of carbonyl (C=O) groups is 2. The summed E-state index contributed by atoms with van der Waals surface area (Å²) in [5.74, 6) is 0.617. The fraction of sp³-hybridized carbons (Fsp3) is 0.588. The predicted molar refractivity (Wildman–Crippen MR) is 87.7 cm³/mol. The van der Waals surface area contributed by atoms with Gasteiger partial charge in [0.15, 0.2) is 0 Å². The third-order valence-corrected chi connectivity index (χ3v) is 4.78. The number of fused-ring (bicyclic) bond motifs is 1. The Morgan fingerprint density at radius 1 is 1.26 bits per heavy atom. The van der Waals surface area contributed by atoms with Gasteiger partial charge in [-0.25, -0.2) is 4.68 Å². The lowest BCUT2D eigenvalue weighted by atomic mass is 9.86. The molecule has 0 spiro atoms. The van der Waals surface area contributed by atoms with Gasteiger partial charge in [0.2, 0.25) is 0 Å². The summed E-state index contributed by atoms with van der Waals surface area (Å²) >= 11 is 0. The van der Waals surface area contributed by atoms with Crippen LogP contribution in [0.1, 0.15) is 32.6 Å². The largest absolute Gasteiger partial charge is 0.334 e. The highest BCUT2D eigenvalue weighted by Gasteiger charge is 2.37. The number of carbonyl (C=O) groups excluding carboxylic acids is 2. The Morgan fingerprint density at radius 2 is 1.96 bits per heavy atom. The summed E-state index contributed by atoms with van der Waals surface area (Å²) in [5.41, 5.74) is 0. The highest BCUT2D eigenvalue weighted by atomic mass is 16.2. The lowest BCUT2D eigenvalue weighted by Gasteiger charge is -2.17. The maximum Gasteiger partial charge on any atom is 0.315 e. The second-order valence-electron chi connectivity index (χ2n) is 6.42. The Morgan fingerprint density at radius 3 is 2.61 bits per heavy atom. The van der Waals surface area contributed by atoms with E-state index in [1.807, 2.05) is 0 Å². The van der Waals surface area contributed by atoms with Gasteiger partial charge in [-0.05, 0) is 31.1 Å². The molecule has 0 bridgehead atoms. The van der Waals surface area contributed by atoms with Crippen molar-refractivity contribution in [1.29, 1.82) is 0 Å². The second kappa shape index (κ2) is 6.98. The van der Waals surface area contributed by atoms with E-state index in [0.29, 0.717) is 30.7 Å². The van der Waals surface area contributed by atoms with Gasteiger partial charge in [0.25, 0.3) is 0 Å². The van der Waals surface area contributed by atoms with Gasteiger partial charge in [-0.2, -0.15) is 5.10 Å². The van der Waals surface area contributed by atoms with E-state index in [4.69, 9.17) is 0 Å². The van der Waals surface area contributed by atoms with E-state index < -0.39 is 11.8 Å². The third kappa shape index (κ3) is 3.46. The number of unbranched alkanes of at least 4 members (excludes halogenated alkanes) is 1. The number of aryl methyl sites for hydroxylation is 1. The molecule has 3 rings (SSSR count). The fourth-order valence-electron chi connectivity index (χ4n) is 3.42. The van der Waals surface area contributed by atoms with Gasteiger partial charge < -0.3 is 10.2 Å². The van der Waals surface area contributed by atoms with Crippen LogP contribution in [-0.2, 0) is 16.1 Å². The van der Waals surface area contributed by atoms with Gasteiger partial charge in [-0.15, -0.1) is 0 Å². The minimum atomic E-state index is -0.560. The van der Waals surface area contributed by atoms with Gasteiger partial charge in [-0.3, -0.25) is 9.59 Å². The lowest BCUT2D eigenvalue weighted by Crippen LogP contribution is -2.38. The molecule has 1 aromatic heterocycles. The molecule has 2 aliphatic rings. The number of hydrogen-bond donors (Lipinski definition) is 1. The van der Waals surface area contributed by atoms with Crippen LogP contribution in [0.3, 0.4) is 0 Å². The highest BCUT2D eigenvalue weighted by Crippen LogP contribution is 2.32. The first-order chi connectivity index (χ1) is 11.2. The number of nitrogens with one attached hydrogen (secondary N) is 1. The number of nitrogens with zero attached hydrogens (tertiary/aromatic N) is 3. The fourth-order valence-corrected chi connectivity index (χ4v) is 3.42. The molecule has 0 radical (unpaired) electrons. The van der Waals surface area contributed by atoms with Gasteiger partial charge >= 0.3 is 11.8 Å².